The second-order valence-corrected chi connectivity index (χ2v) is 5.70. The fourth-order valence-electron chi connectivity index (χ4n) is 2.00. The molecular weight excluding hydrogens is 302 g/mol. The number of halogens is 1. The number of aromatic nitrogens is 1. The topological polar surface area (TPSA) is 22.1 Å². The molecule has 0 unspecified atom stereocenters. The number of rotatable bonds is 5. The first-order valence-corrected chi connectivity index (χ1v) is 8.08. The monoisotopic (exact) mass is 315 g/mol. The predicted octanol–water partition coefficient (Wildman–Crippen LogP) is 5.09. The van der Waals surface area contributed by atoms with Crippen molar-refractivity contribution < 1.29 is 4.74 Å². The number of benzene rings is 2. The number of ether oxygens (including phenoxy) is 1. The van der Waals surface area contributed by atoms with Gasteiger partial charge in [0, 0.05) is 16.5 Å². The minimum absolute atomic E-state index is 0.494. The third kappa shape index (κ3) is 3.43. The summed E-state index contributed by atoms with van der Waals surface area (Å²) >= 11 is 7.26. The first kappa shape index (κ1) is 14.1. The number of hydrogen-bond donors (Lipinski definition) is 0. The average molecular weight is 316 g/mol. The number of alkyl halides is 1. The number of nitrogens with zero attached hydrogens (tertiary/aromatic N) is 1. The van der Waals surface area contributed by atoms with Crippen LogP contribution in [0.15, 0.2) is 60.0 Å². The van der Waals surface area contributed by atoms with E-state index in [1.54, 1.807) is 11.3 Å². The van der Waals surface area contributed by atoms with Crippen LogP contribution >= 0.6 is 22.9 Å². The van der Waals surface area contributed by atoms with Crippen molar-refractivity contribution >= 4 is 22.9 Å². The average Bonchev–Trinajstić information content (AvgIpc) is 3.04. The van der Waals surface area contributed by atoms with Gasteiger partial charge in [-0.1, -0.05) is 30.3 Å². The van der Waals surface area contributed by atoms with E-state index in [1.165, 1.54) is 0 Å². The van der Waals surface area contributed by atoms with Crippen LogP contribution in [0.25, 0.3) is 21.8 Å². The first-order chi connectivity index (χ1) is 10.4. The van der Waals surface area contributed by atoms with Gasteiger partial charge in [-0.25, -0.2) is 4.98 Å². The molecule has 3 aromatic rings. The van der Waals surface area contributed by atoms with E-state index in [0.717, 1.165) is 27.6 Å². The van der Waals surface area contributed by atoms with Crippen molar-refractivity contribution in [2.45, 2.75) is 0 Å². The molecule has 0 saturated carbocycles. The lowest BCUT2D eigenvalue weighted by Gasteiger charge is -2.04. The summed E-state index contributed by atoms with van der Waals surface area (Å²) in [5, 5.41) is 3.12. The summed E-state index contributed by atoms with van der Waals surface area (Å²) in [4.78, 5) is 4.70. The van der Waals surface area contributed by atoms with Gasteiger partial charge >= 0.3 is 0 Å². The van der Waals surface area contributed by atoms with E-state index in [0.29, 0.717) is 12.5 Å². The van der Waals surface area contributed by atoms with Crippen molar-refractivity contribution in [2.75, 3.05) is 12.5 Å². The van der Waals surface area contributed by atoms with Gasteiger partial charge in [0.25, 0.3) is 0 Å². The molecule has 0 atom stereocenters. The van der Waals surface area contributed by atoms with Crippen LogP contribution < -0.4 is 4.74 Å². The summed E-state index contributed by atoms with van der Waals surface area (Å²) in [6.45, 7) is 0.524. The lowest BCUT2D eigenvalue weighted by atomic mass is 10.1. The van der Waals surface area contributed by atoms with Crippen LogP contribution in [0.5, 0.6) is 5.75 Å². The Hall–Kier alpha value is -1.84. The molecule has 1 heterocycles. The number of hydrogen-bond acceptors (Lipinski definition) is 3. The highest BCUT2D eigenvalue weighted by Gasteiger charge is 2.06. The molecule has 0 amide bonds. The van der Waals surface area contributed by atoms with Crippen molar-refractivity contribution in [3.63, 3.8) is 0 Å². The zero-order valence-electron chi connectivity index (χ0n) is 11.3. The lowest BCUT2D eigenvalue weighted by Crippen LogP contribution is -1.97. The van der Waals surface area contributed by atoms with E-state index in [9.17, 15) is 0 Å². The molecule has 1 aromatic heterocycles. The molecule has 0 aliphatic carbocycles. The molecule has 0 radical (unpaired) electrons. The lowest BCUT2D eigenvalue weighted by molar-refractivity contribution is 0.343. The smallest absolute Gasteiger partial charge is 0.124 e. The maximum atomic E-state index is 5.61. The summed E-state index contributed by atoms with van der Waals surface area (Å²) in [5.41, 5.74) is 3.23. The van der Waals surface area contributed by atoms with Crippen molar-refractivity contribution in [1.29, 1.82) is 0 Å². The number of thiazole rings is 1. The SMILES string of the molecule is ClCCOc1ccc(-c2csc(-c3ccccc3)n2)cc1. The first-order valence-electron chi connectivity index (χ1n) is 6.67. The maximum absolute atomic E-state index is 5.61. The van der Waals surface area contributed by atoms with Gasteiger partial charge in [-0.15, -0.1) is 22.9 Å². The zero-order valence-corrected chi connectivity index (χ0v) is 12.9. The maximum Gasteiger partial charge on any atom is 0.124 e. The van der Waals surface area contributed by atoms with Crippen molar-refractivity contribution in [3.05, 3.63) is 60.0 Å². The van der Waals surface area contributed by atoms with Crippen LogP contribution in [0.4, 0.5) is 0 Å². The van der Waals surface area contributed by atoms with Crippen molar-refractivity contribution in [2.24, 2.45) is 0 Å². The highest BCUT2D eigenvalue weighted by atomic mass is 35.5. The zero-order chi connectivity index (χ0) is 14.5. The molecule has 106 valence electrons. The van der Waals surface area contributed by atoms with E-state index in [1.807, 2.05) is 42.5 Å². The van der Waals surface area contributed by atoms with E-state index >= 15 is 0 Å². The molecule has 3 rings (SSSR count). The summed E-state index contributed by atoms with van der Waals surface area (Å²) in [6.07, 6.45) is 0. The van der Waals surface area contributed by atoms with Gasteiger partial charge in [0.2, 0.25) is 0 Å². The highest BCUT2D eigenvalue weighted by molar-refractivity contribution is 7.13. The van der Waals surface area contributed by atoms with Gasteiger partial charge in [0.05, 0.1) is 11.6 Å². The molecule has 0 spiro atoms. The van der Waals surface area contributed by atoms with Gasteiger partial charge in [0.15, 0.2) is 0 Å². The standard InChI is InChI=1S/C17H14ClNOS/c18-10-11-20-15-8-6-13(7-9-15)16-12-21-17(19-16)14-4-2-1-3-5-14/h1-9,12H,10-11H2. The van der Waals surface area contributed by atoms with Crippen LogP contribution in [0.2, 0.25) is 0 Å². The largest absolute Gasteiger partial charge is 0.492 e. The van der Waals surface area contributed by atoms with E-state index in [-0.39, 0.29) is 0 Å². The third-order valence-corrected chi connectivity index (χ3v) is 4.07. The molecule has 0 aliphatic rings. The van der Waals surface area contributed by atoms with E-state index < -0.39 is 0 Å². The molecular formula is C17H14ClNOS. The molecule has 0 aliphatic heterocycles. The van der Waals surface area contributed by atoms with Crippen LogP contribution in [-0.2, 0) is 0 Å². The third-order valence-electron chi connectivity index (χ3n) is 3.02. The predicted molar refractivity (Wildman–Crippen MR) is 89.2 cm³/mol. The second kappa shape index (κ2) is 6.74. The Bertz CT molecular complexity index is 694. The molecule has 2 aromatic carbocycles. The van der Waals surface area contributed by atoms with Crippen LogP contribution in [0.1, 0.15) is 0 Å². The summed E-state index contributed by atoms with van der Waals surface area (Å²) < 4.78 is 5.47. The van der Waals surface area contributed by atoms with Gasteiger partial charge < -0.3 is 4.74 Å². The van der Waals surface area contributed by atoms with Crippen molar-refractivity contribution in [3.8, 4) is 27.6 Å². The molecule has 21 heavy (non-hydrogen) atoms. The molecule has 2 nitrogen and oxygen atoms in total. The van der Waals surface area contributed by atoms with Gasteiger partial charge in [-0.3, -0.25) is 0 Å². The fourth-order valence-corrected chi connectivity index (χ4v) is 2.91. The Morgan fingerprint density at radius 1 is 0.952 bits per heavy atom. The Balaban J connectivity index is 1.80. The van der Waals surface area contributed by atoms with E-state index in [4.69, 9.17) is 21.3 Å². The van der Waals surface area contributed by atoms with Gasteiger partial charge in [-0.05, 0) is 24.3 Å². The normalized spacial score (nSPS) is 10.5. The molecule has 0 N–H and O–H groups in total. The van der Waals surface area contributed by atoms with Crippen molar-refractivity contribution in [1.82, 2.24) is 4.98 Å². The molecule has 0 bridgehead atoms. The second-order valence-electron chi connectivity index (χ2n) is 4.47. The summed E-state index contributed by atoms with van der Waals surface area (Å²) in [6, 6.07) is 18.2. The Morgan fingerprint density at radius 3 is 2.43 bits per heavy atom. The minimum atomic E-state index is 0.494. The quantitative estimate of drug-likeness (QED) is 0.611. The molecule has 0 fully saturated rings. The Labute approximate surface area is 133 Å². The van der Waals surface area contributed by atoms with Crippen LogP contribution in [0.3, 0.4) is 0 Å². The molecule has 4 heteroatoms. The van der Waals surface area contributed by atoms with Crippen LogP contribution in [-0.4, -0.2) is 17.5 Å². The summed E-state index contributed by atoms with van der Waals surface area (Å²) in [7, 11) is 0. The van der Waals surface area contributed by atoms with Gasteiger partial charge in [-0.2, -0.15) is 0 Å². The Morgan fingerprint density at radius 2 is 1.71 bits per heavy atom. The highest BCUT2D eigenvalue weighted by Crippen LogP contribution is 2.29. The Kier molecular flexibility index (Phi) is 4.53. The summed E-state index contributed by atoms with van der Waals surface area (Å²) in [5.74, 6) is 1.33. The fraction of sp³-hybridized carbons (Fsp3) is 0.118. The van der Waals surface area contributed by atoms with Crippen LogP contribution in [0, 0.1) is 0 Å². The van der Waals surface area contributed by atoms with E-state index in [2.05, 4.69) is 17.5 Å². The minimum Gasteiger partial charge on any atom is -0.492 e. The van der Waals surface area contributed by atoms with Gasteiger partial charge in [0.1, 0.15) is 17.4 Å². The molecule has 0 saturated heterocycles.